The molecule has 1 fully saturated rings. The van der Waals surface area contributed by atoms with Gasteiger partial charge in [0.05, 0.1) is 30.2 Å². The van der Waals surface area contributed by atoms with E-state index in [0.29, 0.717) is 36.5 Å². The number of nitrogens with one attached hydrogen (secondary N) is 1. The van der Waals surface area contributed by atoms with Crippen LogP contribution in [0.1, 0.15) is 36.2 Å². The number of fused-ring (bicyclic) bond motifs is 1. The fourth-order valence-corrected chi connectivity index (χ4v) is 4.06. The fourth-order valence-electron chi connectivity index (χ4n) is 4.06. The van der Waals surface area contributed by atoms with Gasteiger partial charge in [0.1, 0.15) is 17.7 Å². The second-order valence-electron chi connectivity index (χ2n) is 7.93. The zero-order valence-electron chi connectivity index (χ0n) is 17.0. The quantitative estimate of drug-likeness (QED) is 0.839. The predicted molar refractivity (Wildman–Crippen MR) is 108 cm³/mol. The summed E-state index contributed by atoms with van der Waals surface area (Å²) in [4.78, 5) is 23.4. The van der Waals surface area contributed by atoms with E-state index in [2.05, 4.69) is 20.2 Å². The molecule has 7 heteroatoms. The minimum atomic E-state index is -0.288. The Morgan fingerprint density at radius 3 is 2.86 bits per heavy atom. The van der Waals surface area contributed by atoms with Crippen molar-refractivity contribution in [1.82, 2.24) is 20.2 Å². The van der Waals surface area contributed by atoms with Crippen LogP contribution in [-0.2, 0) is 11.2 Å². The highest BCUT2D eigenvalue weighted by Crippen LogP contribution is 2.40. The number of benzene rings is 1. The molecule has 1 aromatic heterocycles. The van der Waals surface area contributed by atoms with Gasteiger partial charge in [0.25, 0.3) is 0 Å². The molecule has 0 bridgehead atoms. The van der Waals surface area contributed by atoms with Crippen molar-refractivity contribution in [3.8, 4) is 17.0 Å². The van der Waals surface area contributed by atoms with Crippen LogP contribution in [0.15, 0.2) is 18.3 Å². The fraction of sp³-hybridized carbons (Fsp3) is 0.500. The molecule has 1 amide bonds. The Balaban J connectivity index is 1.44. The first kappa shape index (κ1) is 19.8. The van der Waals surface area contributed by atoms with Crippen LogP contribution in [0.3, 0.4) is 0 Å². The number of nitrogens with zero attached hydrogens (tertiary/aromatic N) is 3. The lowest BCUT2D eigenvalue weighted by Gasteiger charge is -2.25. The third-order valence-electron chi connectivity index (χ3n) is 5.59. The van der Waals surface area contributed by atoms with Crippen molar-refractivity contribution >= 4 is 5.91 Å². The molecule has 4 rings (SSSR count). The molecule has 0 radical (unpaired) electrons. The Kier molecular flexibility index (Phi) is 5.76. The van der Waals surface area contributed by atoms with E-state index in [4.69, 9.17) is 4.74 Å². The van der Waals surface area contributed by atoms with Crippen molar-refractivity contribution in [3.63, 3.8) is 0 Å². The Hall–Kier alpha value is -2.54. The molecule has 1 N–H and O–H groups in total. The standard InChI is InChI=1S/C22H27FN4O2/c1-14-11-24-15(2)21(26-14)17-6-7-19(23)18-10-16(29-22(17)18)12-25-20(28)13-27-8-4-3-5-9-27/h6-7,11,16H,3-5,8-10,12-13H2,1-2H3,(H,25,28)/t16-/m0/s1. The van der Waals surface area contributed by atoms with Crippen LogP contribution in [0, 0.1) is 19.7 Å². The summed E-state index contributed by atoms with van der Waals surface area (Å²) in [5.74, 6) is 0.222. The number of ether oxygens (including phenoxy) is 1. The summed E-state index contributed by atoms with van der Waals surface area (Å²) in [6.45, 7) is 6.48. The Morgan fingerprint density at radius 1 is 1.28 bits per heavy atom. The van der Waals surface area contributed by atoms with E-state index >= 15 is 0 Å². The molecule has 0 saturated carbocycles. The Labute approximate surface area is 170 Å². The van der Waals surface area contributed by atoms with Crippen molar-refractivity contribution in [2.45, 2.75) is 45.6 Å². The van der Waals surface area contributed by atoms with Gasteiger partial charge in [-0.05, 0) is 51.9 Å². The maximum Gasteiger partial charge on any atom is 0.234 e. The molecule has 29 heavy (non-hydrogen) atoms. The van der Waals surface area contributed by atoms with Gasteiger partial charge < -0.3 is 10.1 Å². The average molecular weight is 398 g/mol. The number of piperidine rings is 1. The molecule has 3 heterocycles. The number of amides is 1. The summed E-state index contributed by atoms with van der Waals surface area (Å²) in [6, 6.07) is 3.15. The molecule has 0 unspecified atom stereocenters. The number of carbonyl (C=O) groups is 1. The molecule has 6 nitrogen and oxygen atoms in total. The minimum Gasteiger partial charge on any atom is -0.487 e. The largest absolute Gasteiger partial charge is 0.487 e. The first-order valence-electron chi connectivity index (χ1n) is 10.3. The molecule has 1 saturated heterocycles. The number of aryl methyl sites for hydroxylation is 2. The monoisotopic (exact) mass is 398 g/mol. The second kappa shape index (κ2) is 8.45. The molecule has 1 atom stereocenters. The van der Waals surface area contributed by atoms with Gasteiger partial charge in [-0.1, -0.05) is 6.42 Å². The maximum absolute atomic E-state index is 14.4. The lowest BCUT2D eigenvalue weighted by molar-refractivity contribution is -0.122. The van der Waals surface area contributed by atoms with Crippen LogP contribution < -0.4 is 10.1 Å². The summed E-state index contributed by atoms with van der Waals surface area (Å²) < 4.78 is 20.5. The van der Waals surface area contributed by atoms with E-state index in [0.717, 1.165) is 42.9 Å². The van der Waals surface area contributed by atoms with Gasteiger partial charge >= 0.3 is 0 Å². The first-order valence-corrected chi connectivity index (χ1v) is 10.3. The Bertz CT molecular complexity index is 912. The van der Waals surface area contributed by atoms with E-state index in [1.54, 1.807) is 12.3 Å². The van der Waals surface area contributed by atoms with E-state index in [1.165, 1.54) is 12.5 Å². The smallest absolute Gasteiger partial charge is 0.234 e. The number of likely N-dealkylation sites (tertiary alicyclic amines) is 1. The van der Waals surface area contributed by atoms with Crippen molar-refractivity contribution < 1.29 is 13.9 Å². The molecule has 1 aromatic carbocycles. The highest BCUT2D eigenvalue weighted by molar-refractivity contribution is 5.78. The second-order valence-corrected chi connectivity index (χ2v) is 7.93. The zero-order valence-corrected chi connectivity index (χ0v) is 17.0. The van der Waals surface area contributed by atoms with Crippen LogP contribution in [0.4, 0.5) is 4.39 Å². The van der Waals surface area contributed by atoms with Gasteiger partial charge in [0.2, 0.25) is 5.91 Å². The van der Waals surface area contributed by atoms with Crippen LogP contribution in [-0.4, -0.2) is 53.1 Å². The van der Waals surface area contributed by atoms with Crippen LogP contribution in [0.2, 0.25) is 0 Å². The van der Waals surface area contributed by atoms with Crippen molar-refractivity contribution in [2.24, 2.45) is 0 Å². The van der Waals surface area contributed by atoms with Gasteiger partial charge in [-0.15, -0.1) is 0 Å². The number of hydrogen-bond donors (Lipinski definition) is 1. The molecule has 154 valence electrons. The first-order chi connectivity index (χ1) is 14.0. The molecule has 2 aliphatic heterocycles. The summed E-state index contributed by atoms with van der Waals surface area (Å²) in [7, 11) is 0. The topological polar surface area (TPSA) is 67.3 Å². The molecule has 2 aromatic rings. The molecular formula is C22H27FN4O2. The predicted octanol–water partition coefficient (Wildman–Crippen LogP) is 2.81. The van der Waals surface area contributed by atoms with Gasteiger partial charge in [-0.25, -0.2) is 9.37 Å². The summed E-state index contributed by atoms with van der Waals surface area (Å²) >= 11 is 0. The summed E-state index contributed by atoms with van der Waals surface area (Å²) in [6.07, 6.45) is 5.39. The van der Waals surface area contributed by atoms with E-state index in [1.807, 2.05) is 13.8 Å². The lowest BCUT2D eigenvalue weighted by Crippen LogP contribution is -2.42. The third-order valence-corrected chi connectivity index (χ3v) is 5.59. The summed E-state index contributed by atoms with van der Waals surface area (Å²) in [5.41, 5.74) is 3.56. The number of aromatic nitrogens is 2. The maximum atomic E-state index is 14.4. The van der Waals surface area contributed by atoms with Crippen LogP contribution >= 0.6 is 0 Å². The summed E-state index contributed by atoms with van der Waals surface area (Å²) in [5, 5.41) is 2.95. The van der Waals surface area contributed by atoms with Gasteiger partial charge in [0, 0.05) is 23.7 Å². The zero-order chi connectivity index (χ0) is 20.4. The van der Waals surface area contributed by atoms with E-state index in [9.17, 15) is 9.18 Å². The van der Waals surface area contributed by atoms with Crippen molar-refractivity contribution in [2.75, 3.05) is 26.2 Å². The van der Waals surface area contributed by atoms with Crippen molar-refractivity contribution in [3.05, 3.63) is 41.1 Å². The van der Waals surface area contributed by atoms with Crippen LogP contribution in [0.25, 0.3) is 11.3 Å². The molecular weight excluding hydrogens is 371 g/mol. The van der Waals surface area contributed by atoms with Gasteiger partial charge in [-0.2, -0.15) is 0 Å². The van der Waals surface area contributed by atoms with Crippen molar-refractivity contribution in [1.29, 1.82) is 0 Å². The number of hydrogen-bond acceptors (Lipinski definition) is 5. The number of carbonyl (C=O) groups excluding carboxylic acids is 1. The number of halogens is 1. The normalized spacial score (nSPS) is 18.9. The average Bonchev–Trinajstić information content (AvgIpc) is 3.15. The minimum absolute atomic E-state index is 0.00690. The third kappa shape index (κ3) is 4.40. The molecule has 2 aliphatic rings. The van der Waals surface area contributed by atoms with Crippen LogP contribution in [0.5, 0.6) is 5.75 Å². The Morgan fingerprint density at radius 2 is 2.07 bits per heavy atom. The SMILES string of the molecule is Cc1cnc(C)c(-c2ccc(F)c3c2O[C@H](CNC(=O)CN2CCCCC2)C3)n1. The molecule has 0 aliphatic carbocycles. The van der Waals surface area contributed by atoms with Gasteiger partial charge in [0.15, 0.2) is 0 Å². The number of rotatable bonds is 5. The van der Waals surface area contributed by atoms with E-state index < -0.39 is 0 Å². The van der Waals surface area contributed by atoms with Gasteiger partial charge in [-0.3, -0.25) is 14.7 Å². The highest BCUT2D eigenvalue weighted by atomic mass is 19.1. The molecule has 0 spiro atoms. The highest BCUT2D eigenvalue weighted by Gasteiger charge is 2.30. The van der Waals surface area contributed by atoms with E-state index in [-0.39, 0.29) is 17.8 Å². The lowest BCUT2D eigenvalue weighted by atomic mass is 10.0.